The average Bonchev–Trinajstić information content (AvgIpc) is 3.39. The maximum atomic E-state index is 12.3. The van der Waals surface area contributed by atoms with E-state index in [4.69, 9.17) is 0 Å². The molecule has 0 saturated heterocycles. The molecule has 4 rings (SSSR count). The Balaban J connectivity index is 1.51. The van der Waals surface area contributed by atoms with Crippen molar-refractivity contribution in [3.05, 3.63) is 79.9 Å². The summed E-state index contributed by atoms with van der Waals surface area (Å²) in [4.78, 5) is 13.2. The van der Waals surface area contributed by atoms with Crippen molar-refractivity contribution in [3.8, 4) is 17.1 Å². The summed E-state index contributed by atoms with van der Waals surface area (Å²) < 4.78 is 3.94. The molecule has 6 nitrogen and oxygen atoms in total. The Labute approximate surface area is 204 Å². The van der Waals surface area contributed by atoms with Crippen LogP contribution in [-0.2, 0) is 4.79 Å². The van der Waals surface area contributed by atoms with Crippen molar-refractivity contribution < 1.29 is 4.79 Å². The summed E-state index contributed by atoms with van der Waals surface area (Å²) in [7, 11) is 0. The highest BCUT2D eigenvalue weighted by Crippen LogP contribution is 2.28. The maximum Gasteiger partial charge on any atom is 0.250 e. The number of nitrogens with zero attached hydrogens (tertiary/aromatic N) is 4. The third-order valence-corrected chi connectivity index (χ3v) is 7.07. The Bertz CT molecular complexity index is 1210. The molecule has 0 bridgehead atoms. The smallest absolute Gasteiger partial charge is 0.250 e. The SMILES string of the molecule is O=C(CSc1nnc(-c2ccccc2)n1-c1ccc(Br)cc1)NN=Cc1ccc(Br)s1. The fraction of sp³-hybridized carbons (Fsp3) is 0.0476. The molecule has 0 fully saturated rings. The van der Waals surface area contributed by atoms with Gasteiger partial charge in [0.05, 0.1) is 15.8 Å². The van der Waals surface area contributed by atoms with Crippen LogP contribution in [0.2, 0.25) is 0 Å². The lowest BCUT2D eigenvalue weighted by atomic mass is 10.2. The minimum atomic E-state index is -0.219. The lowest BCUT2D eigenvalue weighted by Crippen LogP contribution is -2.19. The zero-order chi connectivity index (χ0) is 21.6. The second kappa shape index (κ2) is 10.4. The summed E-state index contributed by atoms with van der Waals surface area (Å²) in [5, 5.41) is 13.4. The molecule has 0 aliphatic rings. The minimum absolute atomic E-state index is 0.162. The van der Waals surface area contributed by atoms with Gasteiger partial charge in [-0.2, -0.15) is 5.10 Å². The number of hydrogen-bond donors (Lipinski definition) is 1. The number of amides is 1. The van der Waals surface area contributed by atoms with E-state index in [0.29, 0.717) is 11.0 Å². The third kappa shape index (κ3) is 5.70. The van der Waals surface area contributed by atoms with Gasteiger partial charge in [-0.05, 0) is 52.3 Å². The topological polar surface area (TPSA) is 72.2 Å². The first-order valence-corrected chi connectivity index (χ1v) is 12.5. The second-order valence-corrected chi connectivity index (χ2v) is 10.6. The highest BCUT2D eigenvalue weighted by Gasteiger charge is 2.17. The van der Waals surface area contributed by atoms with E-state index in [1.807, 2.05) is 71.3 Å². The number of carbonyl (C=O) groups is 1. The van der Waals surface area contributed by atoms with Crippen molar-refractivity contribution >= 4 is 67.1 Å². The molecule has 31 heavy (non-hydrogen) atoms. The molecular weight excluding hydrogens is 562 g/mol. The molecule has 156 valence electrons. The summed E-state index contributed by atoms with van der Waals surface area (Å²) >= 11 is 9.71. The zero-order valence-electron chi connectivity index (χ0n) is 15.9. The number of halogens is 2. The number of aromatic nitrogens is 3. The fourth-order valence-electron chi connectivity index (χ4n) is 2.69. The van der Waals surface area contributed by atoms with E-state index >= 15 is 0 Å². The monoisotopic (exact) mass is 575 g/mol. The molecule has 0 saturated carbocycles. The molecule has 2 aromatic heterocycles. The van der Waals surface area contributed by atoms with Gasteiger partial charge >= 0.3 is 0 Å². The predicted molar refractivity (Wildman–Crippen MR) is 133 cm³/mol. The Hall–Kier alpha value is -2.27. The molecule has 2 aromatic carbocycles. The van der Waals surface area contributed by atoms with Crippen molar-refractivity contribution in [1.82, 2.24) is 20.2 Å². The molecule has 2 heterocycles. The first kappa shape index (κ1) is 21.9. The Morgan fingerprint density at radius 2 is 1.84 bits per heavy atom. The number of thioether (sulfide) groups is 1. The number of thiophene rings is 1. The van der Waals surface area contributed by atoms with Crippen molar-refractivity contribution in [1.29, 1.82) is 0 Å². The lowest BCUT2D eigenvalue weighted by molar-refractivity contribution is -0.118. The van der Waals surface area contributed by atoms with E-state index in [1.165, 1.54) is 23.1 Å². The van der Waals surface area contributed by atoms with Crippen LogP contribution in [0.15, 0.2) is 85.2 Å². The Morgan fingerprint density at radius 3 is 2.55 bits per heavy atom. The summed E-state index contributed by atoms with van der Waals surface area (Å²) in [6.45, 7) is 0. The van der Waals surface area contributed by atoms with E-state index in [1.54, 1.807) is 6.21 Å². The summed E-state index contributed by atoms with van der Waals surface area (Å²) in [6.07, 6.45) is 1.62. The number of hydrazone groups is 1. The van der Waals surface area contributed by atoms with Crippen LogP contribution in [0, 0.1) is 0 Å². The van der Waals surface area contributed by atoms with E-state index in [2.05, 4.69) is 52.6 Å². The summed E-state index contributed by atoms with van der Waals surface area (Å²) in [5.74, 6) is 0.658. The summed E-state index contributed by atoms with van der Waals surface area (Å²) in [6, 6.07) is 21.6. The molecule has 0 radical (unpaired) electrons. The van der Waals surface area contributed by atoms with Crippen LogP contribution in [0.5, 0.6) is 0 Å². The number of rotatable bonds is 7. The van der Waals surface area contributed by atoms with Gasteiger partial charge in [-0.25, -0.2) is 5.43 Å². The predicted octanol–water partition coefficient (Wildman–Crippen LogP) is 5.76. The van der Waals surface area contributed by atoms with Gasteiger partial charge in [0.15, 0.2) is 11.0 Å². The third-order valence-electron chi connectivity index (χ3n) is 4.06. The zero-order valence-corrected chi connectivity index (χ0v) is 20.7. The molecule has 1 amide bonds. The second-order valence-electron chi connectivity index (χ2n) is 6.21. The van der Waals surface area contributed by atoms with Crippen molar-refractivity contribution in [2.75, 3.05) is 5.75 Å². The van der Waals surface area contributed by atoms with Crippen LogP contribution < -0.4 is 5.43 Å². The van der Waals surface area contributed by atoms with E-state index in [-0.39, 0.29) is 11.7 Å². The average molecular weight is 577 g/mol. The molecule has 0 atom stereocenters. The van der Waals surface area contributed by atoms with Crippen molar-refractivity contribution in [2.45, 2.75) is 5.16 Å². The van der Waals surface area contributed by atoms with Crippen LogP contribution >= 0.6 is 55.0 Å². The van der Waals surface area contributed by atoms with Gasteiger partial charge in [0.1, 0.15) is 0 Å². The number of nitrogens with one attached hydrogen (secondary N) is 1. The van der Waals surface area contributed by atoms with Gasteiger partial charge in [-0.1, -0.05) is 58.0 Å². The van der Waals surface area contributed by atoms with Crippen LogP contribution in [-0.4, -0.2) is 32.6 Å². The van der Waals surface area contributed by atoms with Crippen LogP contribution in [0.1, 0.15) is 4.88 Å². The first-order valence-electron chi connectivity index (χ1n) is 9.07. The molecule has 0 aliphatic carbocycles. The van der Waals surface area contributed by atoms with Crippen molar-refractivity contribution in [3.63, 3.8) is 0 Å². The number of hydrogen-bond acceptors (Lipinski definition) is 6. The lowest BCUT2D eigenvalue weighted by Gasteiger charge is -2.10. The van der Waals surface area contributed by atoms with E-state index < -0.39 is 0 Å². The number of carbonyl (C=O) groups excluding carboxylic acids is 1. The first-order chi connectivity index (χ1) is 15.1. The summed E-state index contributed by atoms with van der Waals surface area (Å²) in [5.41, 5.74) is 4.41. The van der Waals surface area contributed by atoms with Gasteiger partial charge in [-0.15, -0.1) is 21.5 Å². The van der Waals surface area contributed by atoms with Crippen LogP contribution in [0.3, 0.4) is 0 Å². The molecule has 0 spiro atoms. The molecule has 10 heteroatoms. The van der Waals surface area contributed by atoms with Crippen molar-refractivity contribution in [2.24, 2.45) is 5.10 Å². The van der Waals surface area contributed by atoms with Crippen LogP contribution in [0.25, 0.3) is 17.1 Å². The standard InChI is InChI=1S/C21H15Br2N5OS2/c22-15-6-8-16(9-7-15)28-20(14-4-2-1-3-5-14)26-27-21(28)30-13-19(29)25-24-12-17-10-11-18(23)31-17/h1-12H,13H2,(H,25,29). The van der Waals surface area contributed by atoms with E-state index in [9.17, 15) is 4.79 Å². The molecule has 1 N–H and O–H groups in total. The highest BCUT2D eigenvalue weighted by molar-refractivity contribution is 9.11. The van der Waals surface area contributed by atoms with Crippen LogP contribution in [0.4, 0.5) is 0 Å². The Kier molecular flexibility index (Phi) is 7.33. The normalized spacial score (nSPS) is 11.2. The molecule has 4 aromatic rings. The van der Waals surface area contributed by atoms with E-state index in [0.717, 1.165) is 24.4 Å². The fourth-order valence-corrected chi connectivity index (χ4v) is 4.99. The van der Waals surface area contributed by atoms with Gasteiger partial charge in [-0.3, -0.25) is 9.36 Å². The van der Waals surface area contributed by atoms with Gasteiger partial charge in [0.2, 0.25) is 0 Å². The van der Waals surface area contributed by atoms with Gasteiger partial charge in [0, 0.05) is 20.6 Å². The largest absolute Gasteiger partial charge is 0.272 e. The highest BCUT2D eigenvalue weighted by atomic mass is 79.9. The minimum Gasteiger partial charge on any atom is -0.272 e. The van der Waals surface area contributed by atoms with Gasteiger partial charge < -0.3 is 0 Å². The molecule has 0 unspecified atom stereocenters. The molecule has 0 aliphatic heterocycles. The Morgan fingerprint density at radius 1 is 1.06 bits per heavy atom. The van der Waals surface area contributed by atoms with Gasteiger partial charge in [0.25, 0.3) is 5.91 Å². The maximum absolute atomic E-state index is 12.3. The number of benzene rings is 2. The molecular formula is C21H15Br2N5OS2. The quantitative estimate of drug-likeness (QED) is 0.172.